The maximum absolute atomic E-state index is 13.4. The molecule has 1 N–H and O–H groups in total. The number of ether oxygens (including phenoxy) is 2. The molecule has 2 rings (SSSR count). The summed E-state index contributed by atoms with van der Waals surface area (Å²) in [6, 6.07) is 6.04. The summed E-state index contributed by atoms with van der Waals surface area (Å²) in [5.41, 5.74) is 0. The van der Waals surface area contributed by atoms with Crippen LogP contribution < -0.4 is 10.1 Å². The van der Waals surface area contributed by atoms with Crippen molar-refractivity contribution in [1.82, 2.24) is 5.32 Å². The van der Waals surface area contributed by atoms with Crippen LogP contribution in [0.25, 0.3) is 0 Å². The second kappa shape index (κ2) is 7.56. The SMILES string of the molecule is COCCNC(=O)c1ccc(COc2ccc(F)cc2F)o1. The van der Waals surface area contributed by atoms with Crippen LogP contribution >= 0.6 is 0 Å². The molecule has 1 aromatic carbocycles. The third kappa shape index (κ3) is 4.29. The Balaban J connectivity index is 1.90. The lowest BCUT2D eigenvalue weighted by Gasteiger charge is -2.05. The molecular weight excluding hydrogens is 296 g/mol. The third-order valence-electron chi connectivity index (χ3n) is 2.74. The molecule has 2 aromatic rings. The number of amides is 1. The Bertz CT molecular complexity index is 642. The summed E-state index contributed by atoms with van der Waals surface area (Å²) >= 11 is 0. The van der Waals surface area contributed by atoms with E-state index in [1.165, 1.54) is 19.2 Å². The first-order chi connectivity index (χ1) is 10.6. The molecule has 5 nitrogen and oxygen atoms in total. The first-order valence-electron chi connectivity index (χ1n) is 6.54. The van der Waals surface area contributed by atoms with Crippen LogP contribution in [0.5, 0.6) is 5.75 Å². The maximum atomic E-state index is 13.4. The molecule has 118 valence electrons. The number of benzene rings is 1. The number of furan rings is 1. The van der Waals surface area contributed by atoms with Gasteiger partial charge in [-0.15, -0.1) is 0 Å². The fourth-order valence-corrected chi connectivity index (χ4v) is 1.67. The Morgan fingerprint density at radius 2 is 2.09 bits per heavy atom. The van der Waals surface area contributed by atoms with E-state index in [0.29, 0.717) is 18.9 Å². The zero-order valence-corrected chi connectivity index (χ0v) is 11.9. The topological polar surface area (TPSA) is 60.7 Å². The lowest BCUT2D eigenvalue weighted by atomic mass is 10.3. The Kier molecular flexibility index (Phi) is 5.48. The maximum Gasteiger partial charge on any atom is 0.287 e. The molecule has 0 atom stereocenters. The average molecular weight is 311 g/mol. The molecule has 1 heterocycles. The van der Waals surface area contributed by atoms with Gasteiger partial charge in [0, 0.05) is 19.7 Å². The molecule has 0 aliphatic heterocycles. The van der Waals surface area contributed by atoms with Crippen molar-refractivity contribution in [2.75, 3.05) is 20.3 Å². The molecular formula is C15H15F2NO4. The number of rotatable bonds is 7. The summed E-state index contributed by atoms with van der Waals surface area (Å²) in [6.45, 7) is 0.683. The van der Waals surface area contributed by atoms with Gasteiger partial charge in [-0.05, 0) is 24.3 Å². The van der Waals surface area contributed by atoms with E-state index >= 15 is 0 Å². The van der Waals surface area contributed by atoms with Gasteiger partial charge in [-0.3, -0.25) is 4.79 Å². The lowest BCUT2D eigenvalue weighted by molar-refractivity contribution is 0.0905. The van der Waals surface area contributed by atoms with Crippen LogP contribution in [-0.4, -0.2) is 26.2 Å². The molecule has 0 aliphatic carbocycles. The van der Waals surface area contributed by atoms with Crippen molar-refractivity contribution in [2.45, 2.75) is 6.61 Å². The zero-order valence-electron chi connectivity index (χ0n) is 11.9. The van der Waals surface area contributed by atoms with Gasteiger partial charge in [0.05, 0.1) is 6.61 Å². The molecule has 0 fully saturated rings. The second-order valence-corrected chi connectivity index (χ2v) is 4.38. The van der Waals surface area contributed by atoms with Crippen LogP contribution in [0.2, 0.25) is 0 Å². The van der Waals surface area contributed by atoms with E-state index in [4.69, 9.17) is 13.9 Å². The first-order valence-corrected chi connectivity index (χ1v) is 6.54. The standard InChI is InChI=1S/C15H15F2NO4/c1-20-7-6-18-15(19)14-5-3-11(22-14)9-21-13-4-2-10(16)8-12(13)17/h2-5,8H,6-7,9H2,1H3,(H,18,19). The molecule has 0 aliphatic rings. The molecule has 22 heavy (non-hydrogen) atoms. The van der Waals surface area contributed by atoms with Crippen molar-refractivity contribution >= 4 is 5.91 Å². The van der Waals surface area contributed by atoms with E-state index < -0.39 is 11.6 Å². The fraction of sp³-hybridized carbons (Fsp3) is 0.267. The van der Waals surface area contributed by atoms with Crippen LogP contribution in [0.15, 0.2) is 34.7 Å². The number of halogens is 2. The Labute approximate surface area is 125 Å². The minimum Gasteiger partial charge on any atom is -0.483 e. The normalized spacial score (nSPS) is 10.5. The van der Waals surface area contributed by atoms with Crippen LogP contribution in [0.1, 0.15) is 16.3 Å². The molecule has 1 amide bonds. The highest BCUT2D eigenvalue weighted by atomic mass is 19.1. The number of carbonyl (C=O) groups is 1. The van der Waals surface area contributed by atoms with Gasteiger partial charge in [-0.25, -0.2) is 8.78 Å². The molecule has 0 saturated carbocycles. The van der Waals surface area contributed by atoms with Crippen LogP contribution in [0, 0.1) is 11.6 Å². The highest BCUT2D eigenvalue weighted by molar-refractivity contribution is 5.91. The number of methoxy groups -OCH3 is 1. The summed E-state index contributed by atoms with van der Waals surface area (Å²) in [7, 11) is 1.53. The van der Waals surface area contributed by atoms with Crippen molar-refractivity contribution in [1.29, 1.82) is 0 Å². The number of carbonyl (C=O) groups excluding carboxylic acids is 1. The highest BCUT2D eigenvalue weighted by Crippen LogP contribution is 2.19. The number of nitrogens with one attached hydrogen (secondary N) is 1. The number of hydrogen-bond donors (Lipinski definition) is 1. The molecule has 0 radical (unpaired) electrons. The largest absolute Gasteiger partial charge is 0.483 e. The summed E-state index contributed by atoms with van der Waals surface area (Å²) in [5.74, 6) is -1.49. The zero-order chi connectivity index (χ0) is 15.9. The Morgan fingerprint density at radius 1 is 1.27 bits per heavy atom. The average Bonchev–Trinajstić information content (AvgIpc) is 2.95. The Hall–Kier alpha value is -2.41. The van der Waals surface area contributed by atoms with E-state index in [0.717, 1.165) is 12.1 Å². The van der Waals surface area contributed by atoms with Crippen molar-refractivity contribution in [2.24, 2.45) is 0 Å². The van der Waals surface area contributed by atoms with Gasteiger partial charge in [-0.2, -0.15) is 0 Å². The van der Waals surface area contributed by atoms with E-state index in [-0.39, 0.29) is 24.0 Å². The van der Waals surface area contributed by atoms with E-state index in [1.54, 1.807) is 6.07 Å². The number of hydrogen-bond acceptors (Lipinski definition) is 4. The first kappa shape index (κ1) is 16.0. The fourth-order valence-electron chi connectivity index (χ4n) is 1.67. The molecule has 0 saturated heterocycles. The predicted octanol–water partition coefficient (Wildman–Crippen LogP) is 2.51. The highest BCUT2D eigenvalue weighted by Gasteiger charge is 2.12. The summed E-state index contributed by atoms with van der Waals surface area (Å²) in [6.07, 6.45) is 0. The van der Waals surface area contributed by atoms with Gasteiger partial charge in [-0.1, -0.05) is 0 Å². The van der Waals surface area contributed by atoms with Crippen LogP contribution in [0.4, 0.5) is 8.78 Å². The van der Waals surface area contributed by atoms with Gasteiger partial charge in [0.25, 0.3) is 5.91 Å². The summed E-state index contributed by atoms with van der Waals surface area (Å²) < 4.78 is 41.4. The Morgan fingerprint density at radius 3 is 2.82 bits per heavy atom. The molecule has 0 unspecified atom stereocenters. The molecule has 7 heteroatoms. The molecule has 1 aromatic heterocycles. The predicted molar refractivity (Wildman–Crippen MR) is 73.6 cm³/mol. The van der Waals surface area contributed by atoms with E-state index in [1.807, 2.05) is 0 Å². The van der Waals surface area contributed by atoms with E-state index in [2.05, 4.69) is 5.32 Å². The monoisotopic (exact) mass is 311 g/mol. The second-order valence-electron chi connectivity index (χ2n) is 4.38. The minimum absolute atomic E-state index is 0.0755. The van der Waals surface area contributed by atoms with Crippen LogP contribution in [0.3, 0.4) is 0 Å². The molecule has 0 spiro atoms. The van der Waals surface area contributed by atoms with Crippen molar-refractivity contribution in [3.05, 3.63) is 53.5 Å². The summed E-state index contributed by atoms with van der Waals surface area (Å²) in [4.78, 5) is 11.7. The van der Waals surface area contributed by atoms with Gasteiger partial charge in [0.2, 0.25) is 0 Å². The molecule has 0 bridgehead atoms. The van der Waals surface area contributed by atoms with E-state index in [9.17, 15) is 13.6 Å². The van der Waals surface area contributed by atoms with Crippen molar-refractivity contribution < 1.29 is 27.5 Å². The third-order valence-corrected chi connectivity index (χ3v) is 2.74. The van der Waals surface area contributed by atoms with Crippen LogP contribution in [-0.2, 0) is 11.3 Å². The van der Waals surface area contributed by atoms with Crippen molar-refractivity contribution in [3.8, 4) is 5.75 Å². The smallest absolute Gasteiger partial charge is 0.287 e. The van der Waals surface area contributed by atoms with Gasteiger partial charge in [0.15, 0.2) is 17.3 Å². The van der Waals surface area contributed by atoms with Gasteiger partial charge in [0.1, 0.15) is 18.2 Å². The van der Waals surface area contributed by atoms with Crippen molar-refractivity contribution in [3.63, 3.8) is 0 Å². The minimum atomic E-state index is -0.802. The van der Waals surface area contributed by atoms with Gasteiger partial charge < -0.3 is 19.2 Å². The summed E-state index contributed by atoms with van der Waals surface area (Å²) in [5, 5.41) is 2.60. The van der Waals surface area contributed by atoms with Gasteiger partial charge >= 0.3 is 0 Å². The lowest BCUT2D eigenvalue weighted by Crippen LogP contribution is -2.26. The quantitative estimate of drug-likeness (QED) is 0.798.